The van der Waals surface area contributed by atoms with Crippen LogP contribution < -0.4 is 20.4 Å². The second-order valence-electron chi connectivity index (χ2n) is 6.95. The summed E-state index contributed by atoms with van der Waals surface area (Å²) in [5, 5.41) is 4.27. The SMILES string of the molecule is CN(C)c1ccc(C2SCC(=O)N2NCC2=CC(=O)Nc3ccccc3O2)cc1. The van der Waals surface area contributed by atoms with Crippen molar-refractivity contribution in [3.63, 3.8) is 0 Å². The number of amides is 2. The maximum absolute atomic E-state index is 12.4. The first kappa shape index (κ1) is 19.4. The molecule has 1 fully saturated rings. The third-order valence-corrected chi connectivity index (χ3v) is 5.88. The molecule has 0 aromatic heterocycles. The molecule has 1 unspecified atom stereocenters. The number of carbonyl (C=O) groups excluding carboxylic acids is 2. The molecule has 2 amide bonds. The van der Waals surface area contributed by atoms with Crippen molar-refractivity contribution in [1.82, 2.24) is 10.4 Å². The summed E-state index contributed by atoms with van der Waals surface area (Å²) in [7, 11) is 3.98. The van der Waals surface area contributed by atoms with Gasteiger partial charge in [0, 0.05) is 25.9 Å². The van der Waals surface area contributed by atoms with Crippen LogP contribution in [0, 0.1) is 0 Å². The molecule has 2 aromatic rings. The summed E-state index contributed by atoms with van der Waals surface area (Å²) in [6.07, 6.45) is 1.40. The maximum Gasteiger partial charge on any atom is 0.251 e. The fourth-order valence-corrected chi connectivity index (χ4v) is 4.30. The van der Waals surface area contributed by atoms with Crippen molar-refractivity contribution in [2.75, 3.05) is 36.6 Å². The van der Waals surface area contributed by atoms with Crippen LogP contribution in [-0.4, -0.2) is 43.2 Å². The number of benzene rings is 2. The minimum Gasteiger partial charge on any atom is -0.458 e. The predicted molar refractivity (Wildman–Crippen MR) is 115 cm³/mol. The molecule has 2 aliphatic rings. The molecular weight excluding hydrogens is 388 g/mol. The molecule has 2 heterocycles. The van der Waals surface area contributed by atoms with E-state index in [9.17, 15) is 9.59 Å². The van der Waals surface area contributed by atoms with Crippen LogP contribution >= 0.6 is 11.8 Å². The van der Waals surface area contributed by atoms with Crippen LogP contribution in [0.2, 0.25) is 0 Å². The van der Waals surface area contributed by atoms with Crippen LogP contribution in [-0.2, 0) is 9.59 Å². The third-order valence-electron chi connectivity index (χ3n) is 4.66. The molecule has 4 rings (SSSR count). The molecule has 7 nitrogen and oxygen atoms in total. The number of hydrogen-bond acceptors (Lipinski definition) is 6. The lowest BCUT2D eigenvalue weighted by atomic mass is 10.2. The van der Waals surface area contributed by atoms with E-state index in [4.69, 9.17) is 4.74 Å². The Hall–Kier alpha value is -2.97. The number of anilines is 2. The molecule has 8 heteroatoms. The number of hydrogen-bond donors (Lipinski definition) is 2. The lowest BCUT2D eigenvalue weighted by molar-refractivity contribution is -0.131. The van der Waals surface area contributed by atoms with E-state index in [0.29, 0.717) is 22.9 Å². The van der Waals surface area contributed by atoms with Gasteiger partial charge in [0.1, 0.15) is 11.1 Å². The molecule has 1 saturated heterocycles. The molecular formula is C21H22N4O3S. The summed E-state index contributed by atoms with van der Waals surface area (Å²) in [5.74, 6) is 1.15. The van der Waals surface area contributed by atoms with E-state index in [1.165, 1.54) is 6.08 Å². The van der Waals surface area contributed by atoms with E-state index in [0.717, 1.165) is 11.3 Å². The minimum atomic E-state index is -0.260. The van der Waals surface area contributed by atoms with Gasteiger partial charge >= 0.3 is 0 Å². The highest BCUT2D eigenvalue weighted by atomic mass is 32.2. The molecule has 2 aromatic carbocycles. The van der Waals surface area contributed by atoms with Gasteiger partial charge in [-0.05, 0) is 29.8 Å². The second kappa shape index (κ2) is 8.18. The fraction of sp³-hybridized carbons (Fsp3) is 0.238. The molecule has 2 N–H and O–H groups in total. The molecule has 0 radical (unpaired) electrons. The Morgan fingerprint density at radius 1 is 1.17 bits per heavy atom. The van der Waals surface area contributed by atoms with Gasteiger partial charge in [-0.2, -0.15) is 0 Å². The van der Waals surface area contributed by atoms with Crippen LogP contribution in [0.5, 0.6) is 5.75 Å². The van der Waals surface area contributed by atoms with Crippen LogP contribution in [0.25, 0.3) is 0 Å². The summed E-state index contributed by atoms with van der Waals surface area (Å²) in [6.45, 7) is 0.223. The number of nitrogens with zero attached hydrogens (tertiary/aromatic N) is 2. The first-order chi connectivity index (χ1) is 14.0. The van der Waals surface area contributed by atoms with Gasteiger partial charge in [0.25, 0.3) is 5.91 Å². The van der Waals surface area contributed by atoms with Crippen molar-refractivity contribution in [1.29, 1.82) is 0 Å². The Balaban J connectivity index is 1.47. The normalized spacial score (nSPS) is 18.5. The summed E-state index contributed by atoms with van der Waals surface area (Å²) in [4.78, 5) is 26.6. The van der Waals surface area contributed by atoms with Crippen molar-refractivity contribution in [3.8, 4) is 5.75 Å². The summed E-state index contributed by atoms with van der Waals surface area (Å²) in [5.41, 5.74) is 5.91. The van der Waals surface area contributed by atoms with Crippen molar-refractivity contribution in [2.45, 2.75) is 5.37 Å². The maximum atomic E-state index is 12.4. The largest absolute Gasteiger partial charge is 0.458 e. The van der Waals surface area contributed by atoms with E-state index >= 15 is 0 Å². The average Bonchev–Trinajstić information content (AvgIpc) is 2.98. The average molecular weight is 410 g/mol. The zero-order valence-electron chi connectivity index (χ0n) is 16.2. The van der Waals surface area contributed by atoms with Gasteiger partial charge in [0.15, 0.2) is 5.75 Å². The third kappa shape index (κ3) is 4.23. The van der Waals surface area contributed by atoms with Crippen molar-refractivity contribution in [3.05, 3.63) is 65.9 Å². The van der Waals surface area contributed by atoms with E-state index < -0.39 is 0 Å². The Morgan fingerprint density at radius 2 is 1.93 bits per heavy atom. The highest BCUT2D eigenvalue weighted by Gasteiger charge is 2.33. The number of hydrazine groups is 1. The highest BCUT2D eigenvalue weighted by molar-refractivity contribution is 8.00. The number of rotatable bonds is 5. The Bertz CT molecular complexity index is 959. The zero-order chi connectivity index (χ0) is 20.4. The molecule has 150 valence electrons. The molecule has 0 bridgehead atoms. The lowest BCUT2D eigenvalue weighted by Crippen LogP contribution is -2.42. The fourth-order valence-electron chi connectivity index (χ4n) is 3.17. The van der Waals surface area contributed by atoms with Gasteiger partial charge in [0.2, 0.25) is 5.91 Å². The summed E-state index contributed by atoms with van der Waals surface area (Å²) >= 11 is 1.57. The molecule has 0 spiro atoms. The minimum absolute atomic E-state index is 0.00393. The Labute approximate surface area is 173 Å². The molecule has 0 saturated carbocycles. The predicted octanol–water partition coefficient (Wildman–Crippen LogP) is 2.75. The van der Waals surface area contributed by atoms with E-state index in [1.54, 1.807) is 28.9 Å². The van der Waals surface area contributed by atoms with Gasteiger partial charge in [-0.25, -0.2) is 5.43 Å². The summed E-state index contributed by atoms with van der Waals surface area (Å²) < 4.78 is 5.87. The van der Waals surface area contributed by atoms with E-state index in [2.05, 4.69) is 10.7 Å². The highest BCUT2D eigenvalue weighted by Crippen LogP contribution is 2.38. The first-order valence-electron chi connectivity index (χ1n) is 9.24. The molecule has 1 atom stereocenters. The van der Waals surface area contributed by atoms with Crippen LogP contribution in [0.15, 0.2) is 60.4 Å². The number of fused-ring (bicyclic) bond motifs is 1. The van der Waals surface area contributed by atoms with Gasteiger partial charge < -0.3 is 15.0 Å². The Morgan fingerprint density at radius 3 is 2.69 bits per heavy atom. The van der Waals surface area contributed by atoms with Crippen LogP contribution in [0.3, 0.4) is 0 Å². The van der Waals surface area contributed by atoms with E-state index in [-0.39, 0.29) is 23.7 Å². The number of thioether (sulfide) groups is 1. The molecule has 29 heavy (non-hydrogen) atoms. The van der Waals surface area contributed by atoms with Gasteiger partial charge in [-0.1, -0.05) is 24.3 Å². The van der Waals surface area contributed by atoms with Crippen LogP contribution in [0.1, 0.15) is 10.9 Å². The van der Waals surface area contributed by atoms with E-state index in [1.807, 2.05) is 55.4 Å². The van der Waals surface area contributed by atoms with Crippen molar-refractivity contribution < 1.29 is 14.3 Å². The van der Waals surface area contributed by atoms with Gasteiger partial charge in [-0.15, -0.1) is 11.8 Å². The summed E-state index contributed by atoms with van der Waals surface area (Å²) in [6, 6.07) is 15.4. The first-order valence-corrected chi connectivity index (χ1v) is 10.3. The molecule has 0 aliphatic carbocycles. The van der Waals surface area contributed by atoms with Gasteiger partial charge in [0.05, 0.1) is 18.0 Å². The number of ether oxygens (including phenoxy) is 1. The smallest absolute Gasteiger partial charge is 0.251 e. The number of carbonyl (C=O) groups is 2. The van der Waals surface area contributed by atoms with Crippen LogP contribution in [0.4, 0.5) is 11.4 Å². The molecule has 2 aliphatic heterocycles. The van der Waals surface area contributed by atoms with Gasteiger partial charge in [-0.3, -0.25) is 14.6 Å². The monoisotopic (exact) mass is 410 g/mol. The Kier molecular flexibility index (Phi) is 5.46. The van der Waals surface area contributed by atoms with Crippen molar-refractivity contribution in [2.24, 2.45) is 0 Å². The standard InChI is InChI=1S/C21H22N4O3S/c1-24(2)15-9-7-14(8-10-15)21-25(20(27)13-29-21)22-12-16-11-19(26)23-17-5-3-4-6-18(17)28-16/h3-11,21-22H,12-13H2,1-2H3,(H,23,26). The number of para-hydroxylation sites is 2. The topological polar surface area (TPSA) is 73.9 Å². The van der Waals surface area contributed by atoms with Crippen molar-refractivity contribution >= 4 is 35.0 Å². The second-order valence-corrected chi connectivity index (χ2v) is 8.01. The lowest BCUT2D eigenvalue weighted by Gasteiger charge is -2.25. The quantitative estimate of drug-likeness (QED) is 0.790. The zero-order valence-corrected chi connectivity index (χ0v) is 17.0. The number of nitrogens with one attached hydrogen (secondary N) is 2.